The number of carbonyl (C=O) groups is 2. The van der Waals surface area contributed by atoms with Gasteiger partial charge in [-0.1, -0.05) is 35.9 Å². The fourth-order valence-electron chi connectivity index (χ4n) is 4.65. The van der Waals surface area contributed by atoms with Crippen molar-refractivity contribution in [1.29, 1.82) is 0 Å². The van der Waals surface area contributed by atoms with Gasteiger partial charge in [0.1, 0.15) is 22.4 Å². The van der Waals surface area contributed by atoms with Crippen LogP contribution in [0.4, 0.5) is 4.79 Å². The summed E-state index contributed by atoms with van der Waals surface area (Å²) in [6.45, 7) is 4.04. The highest BCUT2D eigenvalue weighted by Gasteiger charge is 2.24. The lowest BCUT2D eigenvalue weighted by molar-refractivity contribution is 0.0998. The normalized spacial score (nSPS) is 16.6. The Morgan fingerprint density at radius 1 is 1.32 bits per heavy atom. The molecular weight excluding hydrogens is 514 g/mol. The van der Waals surface area contributed by atoms with E-state index in [-0.39, 0.29) is 12.1 Å². The number of halogens is 1. The molecule has 37 heavy (non-hydrogen) atoms. The molecule has 2 atom stereocenters. The van der Waals surface area contributed by atoms with E-state index < -0.39 is 12.0 Å². The minimum Gasteiger partial charge on any atom is -0.484 e. The van der Waals surface area contributed by atoms with Gasteiger partial charge < -0.3 is 20.9 Å². The van der Waals surface area contributed by atoms with E-state index in [4.69, 9.17) is 27.2 Å². The number of carbonyl (C=O) groups excluding carboxylic acids is 1. The first-order chi connectivity index (χ1) is 17.8. The second kappa shape index (κ2) is 10.4. The molecule has 4 N–H and O–H groups in total. The average Bonchev–Trinajstić information content (AvgIpc) is 3.57. The molecule has 4 heterocycles. The van der Waals surface area contributed by atoms with E-state index in [2.05, 4.69) is 15.2 Å². The molecule has 0 radical (unpaired) electrons. The van der Waals surface area contributed by atoms with Crippen molar-refractivity contribution in [3.05, 3.63) is 75.9 Å². The second-order valence-corrected chi connectivity index (χ2v) is 10.5. The van der Waals surface area contributed by atoms with Crippen LogP contribution in [0.25, 0.3) is 16.2 Å². The number of likely N-dealkylation sites (tertiary alicyclic amines) is 1. The van der Waals surface area contributed by atoms with Gasteiger partial charge in [-0.3, -0.25) is 14.1 Å². The summed E-state index contributed by atoms with van der Waals surface area (Å²) in [5, 5.41) is 12.1. The standard InChI is InChI=1S/C26H26ClN5O4S/c1-15(18-4-2-3-5-19(18)27)36-21-10-22(37-24(21)25(28)33)20-11-29-23-7-6-16(13-32(20)23)12-31-9-8-17(14-31)30-26(34)35/h2-7,10-11,13,15,17,30H,8-9,12,14H2,1H3,(H2,28,33)(H,34,35)/t15-,17-/m1/s1. The number of rotatable bonds is 8. The summed E-state index contributed by atoms with van der Waals surface area (Å²) in [6, 6.07) is 13.1. The van der Waals surface area contributed by atoms with E-state index in [1.807, 2.05) is 53.9 Å². The molecule has 11 heteroatoms. The van der Waals surface area contributed by atoms with Crippen LogP contribution in [0, 0.1) is 0 Å². The quantitative estimate of drug-likeness (QED) is 0.296. The maximum Gasteiger partial charge on any atom is 0.404 e. The van der Waals surface area contributed by atoms with Crippen LogP contribution in [0.15, 0.2) is 54.9 Å². The molecule has 4 aromatic rings. The van der Waals surface area contributed by atoms with Crippen LogP contribution in [-0.4, -0.2) is 50.5 Å². The Morgan fingerprint density at radius 2 is 2.14 bits per heavy atom. The van der Waals surface area contributed by atoms with E-state index in [0.29, 0.717) is 28.7 Å². The van der Waals surface area contributed by atoms with E-state index in [9.17, 15) is 9.59 Å². The summed E-state index contributed by atoms with van der Waals surface area (Å²) in [5.74, 6) is -0.161. The number of carboxylic acid groups (broad SMARTS) is 1. The number of hydrogen-bond acceptors (Lipinski definition) is 6. The van der Waals surface area contributed by atoms with E-state index in [0.717, 1.165) is 40.3 Å². The summed E-state index contributed by atoms with van der Waals surface area (Å²) in [5.41, 5.74) is 9.16. The zero-order valence-corrected chi connectivity index (χ0v) is 21.6. The number of nitrogens with one attached hydrogen (secondary N) is 1. The van der Waals surface area contributed by atoms with Gasteiger partial charge >= 0.3 is 6.09 Å². The highest BCUT2D eigenvalue weighted by molar-refractivity contribution is 7.17. The third-order valence-electron chi connectivity index (χ3n) is 6.39. The number of thiophene rings is 1. The first-order valence-electron chi connectivity index (χ1n) is 11.8. The molecule has 1 saturated heterocycles. The summed E-state index contributed by atoms with van der Waals surface area (Å²) in [6.07, 6.45) is 3.19. The SMILES string of the molecule is C[C@@H](Oc1cc(-c2cnc3ccc(CN4CC[C@@H](NC(=O)O)C4)cn23)sc1C(N)=O)c1ccccc1Cl. The van der Waals surface area contributed by atoms with Gasteiger partial charge in [0.25, 0.3) is 5.91 Å². The molecule has 192 valence electrons. The van der Waals surface area contributed by atoms with Crippen molar-refractivity contribution in [2.24, 2.45) is 5.73 Å². The van der Waals surface area contributed by atoms with Crippen LogP contribution in [0.5, 0.6) is 5.75 Å². The molecule has 3 aromatic heterocycles. The lowest BCUT2D eigenvalue weighted by Gasteiger charge is -2.16. The molecule has 1 fully saturated rings. The second-order valence-electron chi connectivity index (χ2n) is 9.03. The fourth-order valence-corrected chi connectivity index (χ4v) is 5.88. The van der Waals surface area contributed by atoms with Crippen LogP contribution < -0.4 is 15.8 Å². The van der Waals surface area contributed by atoms with Crippen molar-refractivity contribution in [1.82, 2.24) is 19.6 Å². The molecule has 1 aliphatic heterocycles. The zero-order valence-electron chi connectivity index (χ0n) is 20.1. The predicted octanol–water partition coefficient (Wildman–Crippen LogP) is 4.80. The molecule has 1 aliphatic rings. The van der Waals surface area contributed by atoms with Crippen molar-refractivity contribution >= 4 is 40.6 Å². The number of nitrogens with two attached hydrogens (primary N) is 1. The maximum absolute atomic E-state index is 12.3. The molecule has 9 nitrogen and oxygen atoms in total. The lowest BCUT2D eigenvalue weighted by Crippen LogP contribution is -2.35. The van der Waals surface area contributed by atoms with Crippen molar-refractivity contribution in [2.75, 3.05) is 13.1 Å². The first-order valence-corrected chi connectivity index (χ1v) is 13.0. The highest BCUT2D eigenvalue weighted by atomic mass is 35.5. The van der Waals surface area contributed by atoms with Crippen molar-refractivity contribution in [3.63, 3.8) is 0 Å². The molecule has 0 aliphatic carbocycles. The number of ether oxygens (including phenoxy) is 1. The first kappa shape index (κ1) is 25.1. The largest absolute Gasteiger partial charge is 0.484 e. The smallest absolute Gasteiger partial charge is 0.404 e. The topological polar surface area (TPSA) is 122 Å². The number of pyridine rings is 1. The number of aromatic nitrogens is 2. The molecule has 0 unspecified atom stereocenters. The van der Waals surface area contributed by atoms with E-state index in [1.165, 1.54) is 11.3 Å². The summed E-state index contributed by atoms with van der Waals surface area (Å²) >= 11 is 7.59. The van der Waals surface area contributed by atoms with Crippen LogP contribution in [0.2, 0.25) is 5.02 Å². The molecular formula is C26H26ClN5O4S. The van der Waals surface area contributed by atoms with Crippen LogP contribution in [0.3, 0.4) is 0 Å². The molecule has 1 aromatic carbocycles. The van der Waals surface area contributed by atoms with Crippen LogP contribution in [-0.2, 0) is 6.54 Å². The van der Waals surface area contributed by atoms with Gasteiger partial charge in [0.2, 0.25) is 0 Å². The van der Waals surface area contributed by atoms with Gasteiger partial charge in [-0.2, -0.15) is 0 Å². The summed E-state index contributed by atoms with van der Waals surface area (Å²) in [4.78, 5) is 31.1. The third-order valence-corrected chi connectivity index (χ3v) is 7.89. The Morgan fingerprint density at radius 3 is 2.89 bits per heavy atom. The number of hydrogen-bond donors (Lipinski definition) is 3. The molecule has 0 spiro atoms. The predicted molar refractivity (Wildman–Crippen MR) is 142 cm³/mol. The Balaban J connectivity index is 1.40. The minimum atomic E-state index is -0.993. The van der Waals surface area contributed by atoms with Crippen LogP contribution in [0.1, 0.15) is 40.2 Å². The molecule has 2 amide bonds. The number of fused-ring (bicyclic) bond motifs is 1. The molecule has 5 rings (SSSR count). The van der Waals surface area contributed by atoms with Crippen molar-refractivity contribution in [3.8, 4) is 16.3 Å². The highest BCUT2D eigenvalue weighted by Crippen LogP contribution is 2.39. The van der Waals surface area contributed by atoms with Gasteiger partial charge in [-0.25, -0.2) is 9.78 Å². The maximum atomic E-state index is 12.3. The van der Waals surface area contributed by atoms with Crippen molar-refractivity contribution < 1.29 is 19.4 Å². The van der Waals surface area contributed by atoms with Crippen LogP contribution >= 0.6 is 22.9 Å². The minimum absolute atomic E-state index is 0.0602. The Kier molecular flexibility index (Phi) is 7.05. The average molecular weight is 540 g/mol. The van der Waals surface area contributed by atoms with Gasteiger partial charge in [0.15, 0.2) is 0 Å². The number of primary amides is 1. The Hall–Kier alpha value is -3.60. The lowest BCUT2D eigenvalue weighted by atomic mass is 10.1. The third kappa shape index (κ3) is 5.41. The molecule has 0 saturated carbocycles. The summed E-state index contributed by atoms with van der Waals surface area (Å²) in [7, 11) is 0. The van der Waals surface area contributed by atoms with Gasteiger partial charge in [0.05, 0.1) is 16.8 Å². The van der Waals surface area contributed by atoms with E-state index >= 15 is 0 Å². The number of benzene rings is 1. The van der Waals surface area contributed by atoms with Gasteiger partial charge in [-0.15, -0.1) is 11.3 Å². The fraction of sp³-hybridized carbons (Fsp3) is 0.269. The number of amides is 2. The van der Waals surface area contributed by atoms with E-state index in [1.54, 1.807) is 12.3 Å². The van der Waals surface area contributed by atoms with Gasteiger partial charge in [-0.05, 0) is 31.0 Å². The Labute approximate surface area is 222 Å². The summed E-state index contributed by atoms with van der Waals surface area (Å²) < 4.78 is 8.14. The van der Waals surface area contributed by atoms with Crippen molar-refractivity contribution in [2.45, 2.75) is 32.0 Å². The van der Waals surface area contributed by atoms with Gasteiger partial charge in [0, 0.05) is 48.5 Å². The monoisotopic (exact) mass is 539 g/mol. The number of nitrogens with zero attached hydrogens (tertiary/aromatic N) is 3. The molecule has 0 bridgehead atoms. The Bertz CT molecular complexity index is 1470. The number of imidazole rings is 1. The zero-order chi connectivity index (χ0) is 26.1.